The lowest BCUT2D eigenvalue weighted by Crippen LogP contribution is -2.44. The van der Waals surface area contributed by atoms with Crippen molar-refractivity contribution in [3.8, 4) is 5.75 Å². The first-order valence-corrected chi connectivity index (χ1v) is 9.11. The number of aryl methyl sites for hydroxylation is 1. The molecular weight excluding hydrogens is 344 g/mol. The van der Waals surface area contributed by atoms with Gasteiger partial charge in [0.25, 0.3) is 0 Å². The molecule has 0 radical (unpaired) electrons. The number of hydrogen-bond donors (Lipinski definition) is 1. The van der Waals surface area contributed by atoms with Gasteiger partial charge in [0, 0.05) is 19.5 Å². The molecule has 3 aromatic rings. The van der Waals surface area contributed by atoms with Gasteiger partial charge < -0.3 is 19.9 Å². The van der Waals surface area contributed by atoms with Gasteiger partial charge in [-0.25, -0.2) is 15.0 Å². The summed E-state index contributed by atoms with van der Waals surface area (Å²) in [5.41, 5.74) is 7.03. The minimum Gasteiger partial charge on any atom is -0.489 e. The number of carbonyl (C=O) groups excluding carboxylic acids is 1. The third-order valence-corrected chi connectivity index (χ3v) is 4.77. The van der Waals surface area contributed by atoms with Crippen molar-refractivity contribution in [2.75, 3.05) is 18.8 Å². The number of imidazole rings is 1. The summed E-state index contributed by atoms with van der Waals surface area (Å²) in [4.78, 5) is 26.9. The fourth-order valence-corrected chi connectivity index (χ4v) is 3.39. The number of nitrogens with two attached hydrogens (primary N) is 1. The Morgan fingerprint density at radius 1 is 1.22 bits per heavy atom. The number of aromatic nitrogens is 4. The maximum atomic E-state index is 12.7. The first-order chi connectivity index (χ1) is 13.2. The molecule has 1 aliphatic rings. The van der Waals surface area contributed by atoms with Gasteiger partial charge in [-0.15, -0.1) is 0 Å². The second-order valence-electron chi connectivity index (χ2n) is 6.65. The van der Waals surface area contributed by atoms with Crippen molar-refractivity contribution in [2.24, 2.45) is 0 Å². The first kappa shape index (κ1) is 17.3. The zero-order chi connectivity index (χ0) is 18.6. The Balaban J connectivity index is 1.35. The van der Waals surface area contributed by atoms with E-state index in [1.165, 1.54) is 6.33 Å². The molecule has 0 saturated carbocycles. The lowest BCUT2D eigenvalue weighted by molar-refractivity contribution is -0.134. The number of nitrogens with zero attached hydrogens (tertiary/aromatic N) is 5. The molecule has 27 heavy (non-hydrogen) atoms. The predicted octanol–water partition coefficient (Wildman–Crippen LogP) is 1.87. The molecule has 1 aliphatic heterocycles. The van der Waals surface area contributed by atoms with Crippen molar-refractivity contribution in [1.29, 1.82) is 0 Å². The van der Waals surface area contributed by atoms with E-state index in [0.29, 0.717) is 36.5 Å². The van der Waals surface area contributed by atoms with Crippen LogP contribution in [0.1, 0.15) is 19.3 Å². The lowest BCUT2D eigenvalue weighted by Gasteiger charge is -2.33. The van der Waals surface area contributed by atoms with Gasteiger partial charge in [-0.05, 0) is 25.0 Å². The number of hydrogen-bond acceptors (Lipinski definition) is 6. The number of fused-ring (bicyclic) bond motifs is 1. The molecule has 140 valence electrons. The lowest BCUT2D eigenvalue weighted by atomic mass is 10.1. The van der Waals surface area contributed by atoms with E-state index < -0.39 is 0 Å². The second-order valence-corrected chi connectivity index (χ2v) is 6.65. The molecule has 1 fully saturated rings. The van der Waals surface area contributed by atoms with Crippen LogP contribution in [0.2, 0.25) is 0 Å². The standard InChI is InChI=1S/C19H22N6O2/c20-18-17-19(22-12-21-18)25(13-23-17)10-8-16(26)24-9-4-7-15(11-24)27-14-5-2-1-3-6-14/h1-3,5-6,12-13,15H,4,7-11H2,(H2,20,21,22). The maximum absolute atomic E-state index is 12.7. The largest absolute Gasteiger partial charge is 0.489 e. The molecule has 8 nitrogen and oxygen atoms in total. The van der Waals surface area contributed by atoms with Crippen LogP contribution in [0.3, 0.4) is 0 Å². The molecule has 4 rings (SSSR count). The molecule has 1 aromatic carbocycles. The number of ether oxygens (including phenoxy) is 1. The molecule has 1 unspecified atom stereocenters. The highest BCUT2D eigenvalue weighted by Crippen LogP contribution is 2.19. The Bertz CT molecular complexity index is 926. The highest BCUT2D eigenvalue weighted by molar-refractivity contribution is 5.81. The summed E-state index contributed by atoms with van der Waals surface area (Å²) in [7, 11) is 0. The summed E-state index contributed by atoms with van der Waals surface area (Å²) >= 11 is 0. The number of nitrogen functional groups attached to an aromatic ring is 1. The average Bonchev–Trinajstić information content (AvgIpc) is 3.12. The van der Waals surface area contributed by atoms with Crippen LogP contribution >= 0.6 is 0 Å². The number of benzene rings is 1. The zero-order valence-corrected chi connectivity index (χ0v) is 15.0. The van der Waals surface area contributed by atoms with E-state index >= 15 is 0 Å². The van der Waals surface area contributed by atoms with Gasteiger partial charge in [0.15, 0.2) is 11.5 Å². The summed E-state index contributed by atoms with van der Waals surface area (Å²) in [6.45, 7) is 1.90. The van der Waals surface area contributed by atoms with E-state index in [1.54, 1.807) is 6.33 Å². The fourth-order valence-electron chi connectivity index (χ4n) is 3.39. The molecule has 1 atom stereocenters. The van der Waals surface area contributed by atoms with Crippen molar-refractivity contribution in [1.82, 2.24) is 24.4 Å². The molecule has 1 saturated heterocycles. The molecule has 0 aliphatic carbocycles. The molecule has 0 bridgehead atoms. The summed E-state index contributed by atoms with van der Waals surface area (Å²) in [6.07, 6.45) is 5.38. The Morgan fingerprint density at radius 2 is 2.07 bits per heavy atom. The normalized spacial score (nSPS) is 17.2. The van der Waals surface area contributed by atoms with Crippen molar-refractivity contribution in [3.63, 3.8) is 0 Å². The number of para-hydroxylation sites is 1. The Kier molecular flexibility index (Phi) is 4.86. The minimum absolute atomic E-state index is 0.0340. The maximum Gasteiger partial charge on any atom is 0.224 e. The fraction of sp³-hybridized carbons (Fsp3) is 0.368. The third-order valence-electron chi connectivity index (χ3n) is 4.77. The molecule has 8 heteroatoms. The summed E-state index contributed by atoms with van der Waals surface area (Å²) in [5, 5.41) is 0. The van der Waals surface area contributed by atoms with Crippen LogP contribution in [0.4, 0.5) is 5.82 Å². The second kappa shape index (κ2) is 7.61. The summed E-state index contributed by atoms with van der Waals surface area (Å²) < 4.78 is 7.86. The Labute approximate surface area is 157 Å². The quantitative estimate of drug-likeness (QED) is 0.740. The van der Waals surface area contributed by atoms with E-state index in [0.717, 1.165) is 25.1 Å². The number of anilines is 1. The van der Waals surface area contributed by atoms with E-state index in [2.05, 4.69) is 15.0 Å². The number of likely N-dealkylation sites (tertiary alicyclic amines) is 1. The Morgan fingerprint density at radius 3 is 2.93 bits per heavy atom. The van der Waals surface area contributed by atoms with Crippen molar-refractivity contribution in [3.05, 3.63) is 43.0 Å². The summed E-state index contributed by atoms with van der Waals surface area (Å²) in [6, 6.07) is 9.75. The molecule has 1 amide bonds. The number of rotatable bonds is 5. The highest BCUT2D eigenvalue weighted by atomic mass is 16.5. The van der Waals surface area contributed by atoms with Crippen LogP contribution in [0.15, 0.2) is 43.0 Å². The monoisotopic (exact) mass is 366 g/mol. The van der Waals surface area contributed by atoms with Crippen LogP contribution < -0.4 is 10.5 Å². The van der Waals surface area contributed by atoms with Crippen LogP contribution in [-0.2, 0) is 11.3 Å². The van der Waals surface area contributed by atoms with Gasteiger partial charge in [0.1, 0.15) is 23.7 Å². The van der Waals surface area contributed by atoms with Gasteiger partial charge >= 0.3 is 0 Å². The predicted molar refractivity (Wildman–Crippen MR) is 101 cm³/mol. The summed E-state index contributed by atoms with van der Waals surface area (Å²) in [5.74, 6) is 1.31. The van der Waals surface area contributed by atoms with E-state index in [9.17, 15) is 4.79 Å². The third kappa shape index (κ3) is 3.84. The van der Waals surface area contributed by atoms with Gasteiger partial charge in [-0.1, -0.05) is 18.2 Å². The van der Waals surface area contributed by atoms with E-state index in [-0.39, 0.29) is 12.0 Å². The topological polar surface area (TPSA) is 99.2 Å². The average molecular weight is 366 g/mol. The SMILES string of the molecule is Nc1ncnc2c1ncn2CCC(=O)N1CCCC(Oc2ccccc2)C1. The molecular formula is C19H22N6O2. The van der Waals surface area contributed by atoms with Crippen molar-refractivity contribution in [2.45, 2.75) is 31.9 Å². The van der Waals surface area contributed by atoms with Crippen LogP contribution in [0, 0.1) is 0 Å². The first-order valence-electron chi connectivity index (χ1n) is 9.11. The number of amides is 1. The van der Waals surface area contributed by atoms with Gasteiger partial charge in [0.05, 0.1) is 12.9 Å². The van der Waals surface area contributed by atoms with Crippen LogP contribution in [0.5, 0.6) is 5.75 Å². The van der Waals surface area contributed by atoms with Crippen LogP contribution in [0.25, 0.3) is 11.2 Å². The number of carbonyl (C=O) groups is 1. The van der Waals surface area contributed by atoms with Crippen LogP contribution in [-0.4, -0.2) is 49.5 Å². The van der Waals surface area contributed by atoms with Gasteiger partial charge in [0.2, 0.25) is 5.91 Å². The number of piperidine rings is 1. The smallest absolute Gasteiger partial charge is 0.224 e. The zero-order valence-electron chi connectivity index (χ0n) is 15.0. The molecule has 3 heterocycles. The van der Waals surface area contributed by atoms with Gasteiger partial charge in [-0.2, -0.15) is 0 Å². The van der Waals surface area contributed by atoms with Crippen molar-refractivity contribution < 1.29 is 9.53 Å². The molecule has 2 N–H and O–H groups in total. The molecule has 0 spiro atoms. The van der Waals surface area contributed by atoms with E-state index in [4.69, 9.17) is 10.5 Å². The Hall–Kier alpha value is -3.16. The minimum atomic E-state index is 0.0340. The van der Waals surface area contributed by atoms with Crippen molar-refractivity contribution >= 4 is 22.9 Å². The molecule has 2 aromatic heterocycles. The van der Waals surface area contributed by atoms with Gasteiger partial charge in [-0.3, -0.25) is 4.79 Å². The van der Waals surface area contributed by atoms with E-state index in [1.807, 2.05) is 39.8 Å². The highest BCUT2D eigenvalue weighted by Gasteiger charge is 2.24.